The largest absolute Gasteiger partial charge is 0.360 e. The van der Waals surface area contributed by atoms with Crippen LogP contribution in [0.2, 0.25) is 0 Å². The zero-order chi connectivity index (χ0) is 15.8. The summed E-state index contributed by atoms with van der Waals surface area (Å²) in [7, 11) is -1.73. The lowest BCUT2D eigenvalue weighted by molar-refractivity contribution is 0.390. The fraction of sp³-hybridized carbons (Fsp3) is 0.538. The summed E-state index contributed by atoms with van der Waals surface area (Å²) in [6.07, 6.45) is 0.591. The van der Waals surface area contributed by atoms with Gasteiger partial charge in [0, 0.05) is 19.3 Å². The first-order chi connectivity index (χ1) is 9.74. The Labute approximate surface area is 124 Å². The van der Waals surface area contributed by atoms with Crippen LogP contribution >= 0.6 is 0 Å². The minimum Gasteiger partial charge on any atom is -0.360 e. The van der Waals surface area contributed by atoms with Crippen molar-refractivity contribution in [2.45, 2.75) is 39.0 Å². The number of nitrogens with one attached hydrogen (secondary N) is 1. The summed E-state index contributed by atoms with van der Waals surface area (Å²) in [4.78, 5) is 0.127. The van der Waals surface area contributed by atoms with Crippen molar-refractivity contribution in [2.24, 2.45) is 7.05 Å². The number of nitrogens with zero attached hydrogens (tertiary/aromatic N) is 3. The fourth-order valence-electron chi connectivity index (χ4n) is 2.42. The molecule has 0 spiro atoms. The van der Waals surface area contributed by atoms with E-state index in [1.165, 1.54) is 0 Å². The lowest BCUT2D eigenvalue weighted by Gasteiger charge is -2.06. The number of aryl methyl sites for hydroxylation is 4. The van der Waals surface area contributed by atoms with E-state index >= 15 is 0 Å². The Morgan fingerprint density at radius 3 is 2.33 bits per heavy atom. The molecule has 8 heteroatoms. The first-order valence-corrected chi connectivity index (χ1v) is 8.14. The third-order valence-electron chi connectivity index (χ3n) is 3.56. The van der Waals surface area contributed by atoms with Gasteiger partial charge in [0.15, 0.2) is 5.76 Å². The summed E-state index contributed by atoms with van der Waals surface area (Å²) in [6.45, 7) is 7.40. The first kappa shape index (κ1) is 15.7. The van der Waals surface area contributed by atoms with Gasteiger partial charge in [0.1, 0.15) is 10.6 Å². The zero-order valence-corrected chi connectivity index (χ0v) is 13.7. The van der Waals surface area contributed by atoms with Crippen LogP contribution in [0.3, 0.4) is 0 Å². The van der Waals surface area contributed by atoms with Crippen molar-refractivity contribution in [3.8, 4) is 0 Å². The molecule has 0 aromatic carbocycles. The maximum Gasteiger partial charge on any atom is 0.245 e. The van der Waals surface area contributed by atoms with E-state index in [1.54, 1.807) is 18.5 Å². The van der Waals surface area contributed by atoms with E-state index in [-0.39, 0.29) is 4.90 Å². The van der Waals surface area contributed by atoms with Crippen molar-refractivity contribution < 1.29 is 12.9 Å². The molecule has 0 aliphatic carbocycles. The maximum atomic E-state index is 12.3. The van der Waals surface area contributed by atoms with Crippen LogP contribution < -0.4 is 4.72 Å². The molecule has 0 saturated carbocycles. The van der Waals surface area contributed by atoms with Crippen molar-refractivity contribution in [1.29, 1.82) is 0 Å². The third-order valence-corrected chi connectivity index (χ3v) is 5.27. The summed E-state index contributed by atoms with van der Waals surface area (Å²) in [5, 5.41) is 7.99. The fourth-order valence-corrected chi connectivity index (χ4v) is 3.78. The average Bonchev–Trinajstić information content (AvgIpc) is 2.84. The van der Waals surface area contributed by atoms with Crippen LogP contribution in [0.1, 0.15) is 28.4 Å². The van der Waals surface area contributed by atoms with Crippen molar-refractivity contribution >= 4 is 10.0 Å². The number of hydrogen-bond acceptors (Lipinski definition) is 5. The molecule has 0 fully saturated rings. The van der Waals surface area contributed by atoms with Gasteiger partial charge in [-0.15, -0.1) is 0 Å². The van der Waals surface area contributed by atoms with E-state index in [1.807, 2.05) is 20.9 Å². The molecule has 0 unspecified atom stereocenters. The first-order valence-electron chi connectivity index (χ1n) is 6.65. The van der Waals surface area contributed by atoms with Gasteiger partial charge in [0.25, 0.3) is 0 Å². The molecule has 1 N–H and O–H groups in total. The molecular weight excluding hydrogens is 292 g/mol. The monoisotopic (exact) mass is 312 g/mol. The topological polar surface area (TPSA) is 90.0 Å². The zero-order valence-electron chi connectivity index (χ0n) is 12.9. The number of hydrogen-bond donors (Lipinski definition) is 1. The highest BCUT2D eigenvalue weighted by Gasteiger charge is 2.23. The summed E-state index contributed by atoms with van der Waals surface area (Å²) in [5.41, 5.74) is 3.41. The highest BCUT2D eigenvalue weighted by Crippen LogP contribution is 2.18. The third kappa shape index (κ3) is 3.01. The van der Waals surface area contributed by atoms with Crippen LogP contribution in [0.25, 0.3) is 0 Å². The van der Waals surface area contributed by atoms with Gasteiger partial charge in [-0.2, -0.15) is 5.10 Å². The van der Waals surface area contributed by atoms with Gasteiger partial charge in [-0.3, -0.25) is 4.68 Å². The Bertz CT molecular complexity index is 739. The van der Waals surface area contributed by atoms with Gasteiger partial charge in [-0.25, -0.2) is 13.1 Å². The van der Waals surface area contributed by atoms with Crippen LogP contribution in [0.4, 0.5) is 0 Å². The second kappa shape index (κ2) is 5.61. The average molecular weight is 312 g/mol. The van der Waals surface area contributed by atoms with Crippen molar-refractivity contribution in [3.05, 3.63) is 28.4 Å². The standard InChI is InChI=1S/C13H20N4O3S/c1-8-12(10(3)17(5)15-8)6-7-14-21(18,19)13-9(2)16-20-11(13)4/h14H,6-7H2,1-5H3. The van der Waals surface area contributed by atoms with Gasteiger partial charge < -0.3 is 4.52 Å². The molecule has 7 nitrogen and oxygen atoms in total. The van der Waals surface area contributed by atoms with E-state index in [4.69, 9.17) is 4.52 Å². The number of aromatic nitrogens is 3. The van der Waals surface area contributed by atoms with Crippen LogP contribution in [0.5, 0.6) is 0 Å². The van der Waals surface area contributed by atoms with Gasteiger partial charge in [0.2, 0.25) is 10.0 Å². The molecular formula is C13H20N4O3S. The van der Waals surface area contributed by atoms with Crippen LogP contribution in [-0.2, 0) is 23.5 Å². The molecule has 0 bridgehead atoms. The molecule has 0 aliphatic heterocycles. The Kier molecular flexibility index (Phi) is 4.20. The minimum atomic E-state index is -3.60. The van der Waals surface area contributed by atoms with E-state index in [9.17, 15) is 8.42 Å². The molecule has 0 saturated heterocycles. The summed E-state index contributed by atoms with van der Waals surface area (Å²) < 4.78 is 33.8. The molecule has 2 rings (SSSR count). The lowest BCUT2D eigenvalue weighted by atomic mass is 10.1. The molecule has 0 atom stereocenters. The Hall–Kier alpha value is -1.67. The molecule has 116 valence electrons. The van der Waals surface area contributed by atoms with E-state index < -0.39 is 10.0 Å². The second-order valence-corrected chi connectivity index (χ2v) is 6.78. The molecule has 0 radical (unpaired) electrons. The Morgan fingerprint density at radius 1 is 1.19 bits per heavy atom. The Morgan fingerprint density at radius 2 is 1.86 bits per heavy atom. The van der Waals surface area contributed by atoms with E-state index in [0.717, 1.165) is 17.0 Å². The molecule has 0 amide bonds. The van der Waals surface area contributed by atoms with Crippen LogP contribution in [0, 0.1) is 27.7 Å². The van der Waals surface area contributed by atoms with Crippen molar-refractivity contribution in [1.82, 2.24) is 19.7 Å². The lowest BCUT2D eigenvalue weighted by Crippen LogP contribution is -2.27. The Balaban J connectivity index is 2.10. The minimum absolute atomic E-state index is 0.127. The SMILES string of the molecule is Cc1nn(C)c(C)c1CCNS(=O)(=O)c1c(C)noc1C. The quantitative estimate of drug-likeness (QED) is 0.895. The molecule has 0 aliphatic rings. The smallest absolute Gasteiger partial charge is 0.245 e. The highest BCUT2D eigenvalue weighted by molar-refractivity contribution is 7.89. The second-order valence-electron chi connectivity index (χ2n) is 5.07. The summed E-state index contributed by atoms with van der Waals surface area (Å²) in [6, 6.07) is 0. The van der Waals surface area contributed by atoms with Gasteiger partial charge in [0.05, 0.1) is 5.69 Å². The summed E-state index contributed by atoms with van der Waals surface area (Å²) in [5.74, 6) is 0.300. The maximum absolute atomic E-state index is 12.3. The predicted octanol–water partition coefficient (Wildman–Crippen LogP) is 1.16. The van der Waals surface area contributed by atoms with Gasteiger partial charge >= 0.3 is 0 Å². The van der Waals surface area contributed by atoms with Crippen molar-refractivity contribution in [3.63, 3.8) is 0 Å². The molecule has 2 heterocycles. The molecule has 2 aromatic heterocycles. The van der Waals surface area contributed by atoms with Gasteiger partial charge in [-0.05, 0) is 39.7 Å². The van der Waals surface area contributed by atoms with E-state index in [2.05, 4.69) is 15.0 Å². The van der Waals surface area contributed by atoms with Gasteiger partial charge in [-0.1, -0.05) is 5.16 Å². The van der Waals surface area contributed by atoms with E-state index in [0.29, 0.717) is 24.4 Å². The predicted molar refractivity (Wildman–Crippen MR) is 77.6 cm³/mol. The van der Waals surface area contributed by atoms with Crippen molar-refractivity contribution in [2.75, 3.05) is 6.54 Å². The summed E-state index contributed by atoms with van der Waals surface area (Å²) >= 11 is 0. The number of sulfonamides is 1. The highest BCUT2D eigenvalue weighted by atomic mass is 32.2. The van der Waals surface area contributed by atoms with Crippen LogP contribution in [-0.4, -0.2) is 29.9 Å². The molecule has 21 heavy (non-hydrogen) atoms. The normalized spacial score (nSPS) is 12.0. The van der Waals surface area contributed by atoms with Crippen LogP contribution in [0.15, 0.2) is 9.42 Å². The molecule has 2 aromatic rings. The number of rotatable bonds is 5.